The fraction of sp³-hybridized carbons (Fsp3) is 0.125. The maximum atomic E-state index is 4.51. The number of imidazole rings is 2. The van der Waals surface area contributed by atoms with Gasteiger partial charge in [-0.1, -0.05) is 18.2 Å². The minimum Gasteiger partial charge on any atom is -0.355 e. The van der Waals surface area contributed by atoms with E-state index in [0.29, 0.717) is 0 Å². The van der Waals surface area contributed by atoms with Crippen molar-refractivity contribution in [1.82, 2.24) is 19.9 Å². The summed E-state index contributed by atoms with van der Waals surface area (Å²) in [6.07, 6.45) is 2.62. The van der Waals surface area contributed by atoms with E-state index in [0.717, 1.165) is 41.3 Å². The molecule has 0 atom stereocenters. The fourth-order valence-electron chi connectivity index (χ4n) is 2.48. The highest BCUT2D eigenvalue weighted by molar-refractivity contribution is 7.13. The average Bonchev–Trinajstić information content (AvgIpc) is 3.27. The van der Waals surface area contributed by atoms with Crippen LogP contribution in [0.25, 0.3) is 21.6 Å². The predicted octanol–water partition coefficient (Wildman–Crippen LogP) is 3.67. The summed E-state index contributed by atoms with van der Waals surface area (Å²) < 4.78 is 0. The number of aromatic nitrogens is 4. The van der Waals surface area contributed by atoms with Crippen molar-refractivity contribution in [1.29, 1.82) is 0 Å². The van der Waals surface area contributed by atoms with Gasteiger partial charge in [0.25, 0.3) is 0 Å². The Hall–Kier alpha value is -2.60. The number of rotatable bonds is 5. The normalized spacial score (nSPS) is 11.1. The first-order valence-electron chi connectivity index (χ1n) is 7.15. The highest BCUT2D eigenvalue weighted by atomic mass is 32.1. The third kappa shape index (κ3) is 2.48. The number of thiophene rings is 1. The lowest BCUT2D eigenvalue weighted by Crippen LogP contribution is -2.06. The molecular formula is C16H15N5S. The summed E-state index contributed by atoms with van der Waals surface area (Å²) in [5.41, 5.74) is 4.21. The standard InChI is InChI=1S/C16H15N5S/c1-2-5-12-11(4-1)20-16(21-12)17-8-7-13-15(19-10-18-13)14-6-3-9-22-14/h1-6,9-10H,7-8H2,(H,18,19)(H2,17,20,21). The number of para-hydroxylation sites is 2. The molecule has 5 nitrogen and oxygen atoms in total. The van der Waals surface area contributed by atoms with Crippen molar-refractivity contribution >= 4 is 28.3 Å². The van der Waals surface area contributed by atoms with E-state index < -0.39 is 0 Å². The van der Waals surface area contributed by atoms with Crippen LogP contribution >= 0.6 is 11.3 Å². The number of nitrogens with one attached hydrogen (secondary N) is 3. The third-order valence-corrected chi connectivity index (χ3v) is 4.41. The molecule has 0 saturated carbocycles. The first kappa shape index (κ1) is 13.1. The van der Waals surface area contributed by atoms with Crippen molar-refractivity contribution in [3.63, 3.8) is 0 Å². The van der Waals surface area contributed by atoms with Crippen molar-refractivity contribution in [2.75, 3.05) is 11.9 Å². The molecule has 0 bridgehead atoms. The van der Waals surface area contributed by atoms with Gasteiger partial charge in [0.1, 0.15) is 5.69 Å². The van der Waals surface area contributed by atoms with Gasteiger partial charge in [-0.15, -0.1) is 11.3 Å². The minimum atomic E-state index is 0.792. The van der Waals surface area contributed by atoms with Crippen LogP contribution in [0, 0.1) is 0 Å². The Morgan fingerprint density at radius 2 is 2.09 bits per heavy atom. The second-order valence-electron chi connectivity index (χ2n) is 4.99. The molecule has 1 aromatic carbocycles. The zero-order valence-corrected chi connectivity index (χ0v) is 12.7. The molecule has 4 rings (SSSR count). The summed E-state index contributed by atoms with van der Waals surface area (Å²) in [5, 5.41) is 5.40. The smallest absolute Gasteiger partial charge is 0.201 e. The molecule has 3 aromatic heterocycles. The van der Waals surface area contributed by atoms with Crippen molar-refractivity contribution in [3.8, 4) is 10.6 Å². The topological polar surface area (TPSA) is 69.4 Å². The van der Waals surface area contributed by atoms with Crippen LogP contribution in [-0.4, -0.2) is 26.5 Å². The number of nitrogens with zero attached hydrogens (tertiary/aromatic N) is 2. The summed E-state index contributed by atoms with van der Waals surface area (Å²) in [5.74, 6) is 0.804. The van der Waals surface area contributed by atoms with E-state index in [-0.39, 0.29) is 0 Å². The molecule has 0 amide bonds. The second-order valence-corrected chi connectivity index (χ2v) is 5.93. The van der Waals surface area contributed by atoms with E-state index in [1.165, 1.54) is 4.88 Å². The van der Waals surface area contributed by atoms with Crippen molar-refractivity contribution in [2.45, 2.75) is 6.42 Å². The van der Waals surface area contributed by atoms with Crippen LogP contribution in [0.2, 0.25) is 0 Å². The van der Waals surface area contributed by atoms with Gasteiger partial charge in [-0.25, -0.2) is 9.97 Å². The molecule has 0 unspecified atom stereocenters. The highest BCUT2D eigenvalue weighted by Gasteiger charge is 2.09. The zero-order chi connectivity index (χ0) is 14.8. The summed E-state index contributed by atoms with van der Waals surface area (Å²) in [6, 6.07) is 12.2. The van der Waals surface area contributed by atoms with Gasteiger partial charge in [0.2, 0.25) is 5.95 Å². The molecule has 3 heterocycles. The van der Waals surface area contributed by atoms with E-state index in [4.69, 9.17) is 0 Å². The molecule has 22 heavy (non-hydrogen) atoms. The van der Waals surface area contributed by atoms with E-state index >= 15 is 0 Å². The van der Waals surface area contributed by atoms with Gasteiger partial charge in [0.15, 0.2) is 0 Å². The zero-order valence-electron chi connectivity index (χ0n) is 11.8. The fourth-order valence-corrected chi connectivity index (χ4v) is 3.23. The number of H-pyrrole nitrogens is 2. The molecule has 0 aliphatic rings. The van der Waals surface area contributed by atoms with E-state index in [2.05, 4.69) is 36.7 Å². The maximum Gasteiger partial charge on any atom is 0.201 e. The summed E-state index contributed by atoms with van der Waals surface area (Å²) >= 11 is 1.71. The lowest BCUT2D eigenvalue weighted by molar-refractivity contribution is 0.965. The molecule has 0 aliphatic heterocycles. The summed E-state index contributed by atoms with van der Waals surface area (Å²) in [7, 11) is 0. The van der Waals surface area contributed by atoms with Crippen LogP contribution in [0.1, 0.15) is 5.69 Å². The van der Waals surface area contributed by atoms with Crippen LogP contribution in [-0.2, 0) is 6.42 Å². The molecule has 3 N–H and O–H groups in total. The number of anilines is 1. The number of hydrogen-bond donors (Lipinski definition) is 3. The monoisotopic (exact) mass is 309 g/mol. The van der Waals surface area contributed by atoms with Gasteiger partial charge < -0.3 is 15.3 Å². The molecule has 0 spiro atoms. The van der Waals surface area contributed by atoms with Gasteiger partial charge in [-0.3, -0.25) is 0 Å². The van der Waals surface area contributed by atoms with Gasteiger partial charge in [0, 0.05) is 18.7 Å². The molecule has 0 aliphatic carbocycles. The van der Waals surface area contributed by atoms with Crippen LogP contribution in [0.15, 0.2) is 48.1 Å². The summed E-state index contributed by atoms with van der Waals surface area (Å²) in [4.78, 5) is 16.6. The Labute approximate surface area is 131 Å². The van der Waals surface area contributed by atoms with Gasteiger partial charge in [-0.05, 0) is 23.6 Å². The van der Waals surface area contributed by atoms with E-state index in [9.17, 15) is 0 Å². The highest BCUT2D eigenvalue weighted by Crippen LogP contribution is 2.25. The Morgan fingerprint density at radius 1 is 1.14 bits per heavy atom. The molecule has 6 heteroatoms. The van der Waals surface area contributed by atoms with Crippen LogP contribution in [0.3, 0.4) is 0 Å². The van der Waals surface area contributed by atoms with Crippen LogP contribution < -0.4 is 5.32 Å². The number of aromatic amines is 2. The second kappa shape index (κ2) is 5.65. The van der Waals surface area contributed by atoms with Gasteiger partial charge in [-0.2, -0.15) is 0 Å². The molecule has 4 aromatic rings. The number of fused-ring (bicyclic) bond motifs is 1. The Balaban J connectivity index is 1.44. The van der Waals surface area contributed by atoms with Gasteiger partial charge >= 0.3 is 0 Å². The third-order valence-electron chi connectivity index (χ3n) is 3.53. The molecular weight excluding hydrogens is 294 g/mol. The molecule has 0 saturated heterocycles. The lowest BCUT2D eigenvalue weighted by Gasteiger charge is -2.03. The number of benzene rings is 1. The maximum absolute atomic E-state index is 4.51. The molecule has 0 radical (unpaired) electrons. The minimum absolute atomic E-state index is 0.792. The van der Waals surface area contributed by atoms with Crippen LogP contribution in [0.4, 0.5) is 5.95 Å². The Bertz CT molecular complexity index is 842. The van der Waals surface area contributed by atoms with Crippen molar-refractivity contribution in [3.05, 3.63) is 53.8 Å². The first-order valence-corrected chi connectivity index (χ1v) is 8.03. The van der Waals surface area contributed by atoms with E-state index in [1.54, 1.807) is 17.7 Å². The van der Waals surface area contributed by atoms with Crippen LogP contribution in [0.5, 0.6) is 0 Å². The largest absolute Gasteiger partial charge is 0.355 e. The average molecular weight is 309 g/mol. The first-order chi connectivity index (χ1) is 10.9. The quantitative estimate of drug-likeness (QED) is 0.527. The van der Waals surface area contributed by atoms with Crippen molar-refractivity contribution < 1.29 is 0 Å². The van der Waals surface area contributed by atoms with E-state index in [1.807, 2.05) is 30.3 Å². The lowest BCUT2D eigenvalue weighted by atomic mass is 10.2. The van der Waals surface area contributed by atoms with Gasteiger partial charge in [0.05, 0.1) is 22.2 Å². The Kier molecular flexibility index (Phi) is 3.36. The summed E-state index contributed by atoms with van der Waals surface area (Å²) in [6.45, 7) is 0.792. The SMILES string of the molecule is c1csc(-c2nc[nH]c2CCNc2nc3ccccc3[nH]2)c1. The Morgan fingerprint density at radius 3 is 2.95 bits per heavy atom. The molecule has 0 fully saturated rings. The molecule has 110 valence electrons. The predicted molar refractivity (Wildman–Crippen MR) is 90.2 cm³/mol. The number of hydrogen-bond acceptors (Lipinski definition) is 4. The van der Waals surface area contributed by atoms with Crippen molar-refractivity contribution in [2.24, 2.45) is 0 Å².